The summed E-state index contributed by atoms with van der Waals surface area (Å²) in [7, 11) is -3.91. The minimum Gasteiger partial charge on any atom is -0.480 e. The van der Waals surface area contributed by atoms with Crippen LogP contribution in [0.3, 0.4) is 0 Å². The minimum absolute atomic E-state index is 0.0522. The zero-order valence-electron chi connectivity index (χ0n) is 20.9. The van der Waals surface area contributed by atoms with Crippen molar-refractivity contribution in [1.82, 2.24) is 14.9 Å². The molecule has 1 fully saturated rings. The van der Waals surface area contributed by atoms with E-state index in [4.69, 9.17) is 5.73 Å². The molecule has 1 aromatic rings. The molecule has 1 aliphatic heterocycles. The summed E-state index contributed by atoms with van der Waals surface area (Å²) in [6.45, 7) is 6.11. The number of nitrogens with zero attached hydrogens (tertiary/aromatic N) is 1. The third-order valence-electron chi connectivity index (χ3n) is 6.11. The van der Waals surface area contributed by atoms with Gasteiger partial charge in [0.1, 0.15) is 12.1 Å². The summed E-state index contributed by atoms with van der Waals surface area (Å²) in [6.07, 6.45) is 0.647. The Hall–Kier alpha value is -2.99. The first-order valence-electron chi connectivity index (χ1n) is 12.0. The van der Waals surface area contributed by atoms with Crippen LogP contribution in [0.4, 0.5) is 0 Å². The van der Waals surface area contributed by atoms with Gasteiger partial charge in [0.05, 0.1) is 4.90 Å². The number of rotatable bonds is 12. The number of aliphatic carboxylic acids is 1. The van der Waals surface area contributed by atoms with Crippen molar-refractivity contribution in [3.63, 3.8) is 0 Å². The van der Waals surface area contributed by atoms with E-state index in [1.54, 1.807) is 12.1 Å². The van der Waals surface area contributed by atoms with Crippen LogP contribution in [-0.2, 0) is 29.2 Å². The summed E-state index contributed by atoms with van der Waals surface area (Å²) in [6, 6.07) is 4.18. The van der Waals surface area contributed by atoms with Gasteiger partial charge in [0.15, 0.2) is 0 Å². The van der Waals surface area contributed by atoms with Crippen molar-refractivity contribution in [2.75, 3.05) is 13.1 Å². The van der Waals surface area contributed by atoms with Gasteiger partial charge in [-0.15, -0.1) is 0 Å². The predicted molar refractivity (Wildman–Crippen MR) is 132 cm³/mol. The van der Waals surface area contributed by atoms with E-state index in [1.807, 2.05) is 20.8 Å². The Labute approximate surface area is 211 Å². The lowest BCUT2D eigenvalue weighted by Gasteiger charge is -2.34. The Balaban J connectivity index is 2.02. The number of nitrogens with one attached hydrogen (secondary N) is 2. The first kappa shape index (κ1) is 29.2. The number of carboxylic acid groups (broad SMARTS) is 1. The number of primary amides is 1. The van der Waals surface area contributed by atoms with Gasteiger partial charge in [0.25, 0.3) is 0 Å². The number of carboxylic acids is 1. The molecule has 0 aromatic heterocycles. The topological polar surface area (TPSA) is 176 Å². The SMILES string of the molecule is Cc1ccc(S(=O)(=O)N[C@@H](CC(C)C)C(=O)N2CCC(C(=O)N[C@@H](CCC(N)=O)C(=O)O)CC2)cc1. The molecular formula is C24H36N4O7S. The molecule has 1 aromatic carbocycles. The number of benzene rings is 1. The van der Waals surface area contributed by atoms with Crippen LogP contribution < -0.4 is 15.8 Å². The van der Waals surface area contributed by atoms with Gasteiger partial charge < -0.3 is 21.1 Å². The van der Waals surface area contributed by atoms with Crippen molar-refractivity contribution in [3.8, 4) is 0 Å². The molecule has 5 N–H and O–H groups in total. The molecule has 2 atom stereocenters. The van der Waals surface area contributed by atoms with E-state index >= 15 is 0 Å². The molecule has 0 aliphatic carbocycles. The molecule has 1 heterocycles. The van der Waals surface area contributed by atoms with Crippen LogP contribution in [0.2, 0.25) is 0 Å². The van der Waals surface area contributed by atoms with E-state index in [0.717, 1.165) is 5.56 Å². The van der Waals surface area contributed by atoms with E-state index in [9.17, 15) is 32.7 Å². The largest absolute Gasteiger partial charge is 0.480 e. The molecule has 0 spiro atoms. The lowest BCUT2D eigenvalue weighted by atomic mass is 9.94. The number of aryl methyl sites for hydroxylation is 1. The lowest BCUT2D eigenvalue weighted by Crippen LogP contribution is -2.52. The Morgan fingerprint density at radius 3 is 2.17 bits per heavy atom. The standard InChI is InChI=1S/C24H36N4O7S/c1-15(2)14-20(27-36(34,35)18-6-4-16(3)5-7-18)23(31)28-12-10-17(11-13-28)22(30)26-19(24(32)33)8-9-21(25)29/h4-7,15,17,19-20,27H,8-14H2,1-3H3,(H2,25,29)(H,26,30)(H,32,33)/t19-,20-/m0/s1. The normalized spacial score (nSPS) is 16.4. The number of nitrogens with two attached hydrogens (primary N) is 1. The van der Waals surface area contributed by atoms with Crippen molar-refractivity contribution in [1.29, 1.82) is 0 Å². The fourth-order valence-corrected chi connectivity index (χ4v) is 5.26. The van der Waals surface area contributed by atoms with Crippen LogP contribution >= 0.6 is 0 Å². The zero-order chi connectivity index (χ0) is 27.0. The Morgan fingerprint density at radius 2 is 1.67 bits per heavy atom. The van der Waals surface area contributed by atoms with Gasteiger partial charge in [0.2, 0.25) is 27.7 Å². The van der Waals surface area contributed by atoms with E-state index < -0.39 is 45.8 Å². The Bertz CT molecular complexity index is 1050. The number of carbonyl (C=O) groups excluding carboxylic acids is 3. The highest BCUT2D eigenvalue weighted by atomic mass is 32.2. The molecule has 0 saturated carbocycles. The second-order valence-corrected chi connectivity index (χ2v) is 11.3. The highest BCUT2D eigenvalue weighted by Crippen LogP contribution is 2.21. The molecule has 0 bridgehead atoms. The molecule has 1 saturated heterocycles. The summed E-state index contributed by atoms with van der Waals surface area (Å²) in [4.78, 5) is 49.8. The maximum Gasteiger partial charge on any atom is 0.326 e. The summed E-state index contributed by atoms with van der Waals surface area (Å²) >= 11 is 0. The number of amides is 3. The van der Waals surface area contributed by atoms with Gasteiger partial charge in [-0.05, 0) is 50.7 Å². The van der Waals surface area contributed by atoms with Crippen LogP contribution in [-0.4, -0.2) is 67.3 Å². The van der Waals surface area contributed by atoms with Crippen LogP contribution in [0.5, 0.6) is 0 Å². The molecule has 200 valence electrons. The number of piperidine rings is 1. The second kappa shape index (κ2) is 12.8. The maximum absolute atomic E-state index is 13.3. The molecule has 2 rings (SSSR count). The average molecular weight is 525 g/mol. The lowest BCUT2D eigenvalue weighted by molar-refractivity contribution is -0.143. The first-order valence-corrected chi connectivity index (χ1v) is 13.5. The number of likely N-dealkylation sites (tertiary alicyclic amines) is 1. The molecule has 1 aliphatic rings. The third kappa shape index (κ3) is 8.59. The van der Waals surface area contributed by atoms with Crippen molar-refractivity contribution >= 4 is 33.7 Å². The minimum atomic E-state index is -3.91. The van der Waals surface area contributed by atoms with Gasteiger partial charge in [0, 0.05) is 25.4 Å². The van der Waals surface area contributed by atoms with Crippen LogP contribution in [0.15, 0.2) is 29.2 Å². The summed E-state index contributed by atoms with van der Waals surface area (Å²) in [5, 5.41) is 11.7. The van der Waals surface area contributed by atoms with E-state index in [-0.39, 0.29) is 42.7 Å². The smallest absolute Gasteiger partial charge is 0.326 e. The van der Waals surface area contributed by atoms with E-state index in [0.29, 0.717) is 19.3 Å². The number of hydrogen-bond donors (Lipinski definition) is 4. The fourth-order valence-electron chi connectivity index (χ4n) is 4.06. The van der Waals surface area contributed by atoms with Crippen molar-refractivity contribution in [2.24, 2.45) is 17.6 Å². The van der Waals surface area contributed by atoms with Gasteiger partial charge in [-0.2, -0.15) is 4.72 Å². The van der Waals surface area contributed by atoms with Crippen molar-refractivity contribution in [3.05, 3.63) is 29.8 Å². The van der Waals surface area contributed by atoms with Gasteiger partial charge in [-0.25, -0.2) is 13.2 Å². The molecule has 3 amide bonds. The van der Waals surface area contributed by atoms with Crippen molar-refractivity contribution in [2.45, 2.75) is 69.9 Å². The summed E-state index contributed by atoms with van der Waals surface area (Å²) < 4.78 is 28.4. The highest BCUT2D eigenvalue weighted by molar-refractivity contribution is 7.89. The fraction of sp³-hybridized carbons (Fsp3) is 0.583. The maximum atomic E-state index is 13.3. The Morgan fingerprint density at radius 1 is 1.08 bits per heavy atom. The first-order chi connectivity index (χ1) is 16.8. The highest BCUT2D eigenvalue weighted by Gasteiger charge is 2.34. The monoisotopic (exact) mass is 524 g/mol. The van der Waals surface area contributed by atoms with Gasteiger partial charge in [-0.3, -0.25) is 14.4 Å². The molecular weight excluding hydrogens is 488 g/mol. The number of sulfonamides is 1. The molecule has 0 radical (unpaired) electrons. The van der Waals surface area contributed by atoms with Gasteiger partial charge in [-0.1, -0.05) is 31.5 Å². The third-order valence-corrected chi connectivity index (χ3v) is 7.59. The van der Waals surface area contributed by atoms with E-state index in [1.165, 1.54) is 17.0 Å². The average Bonchev–Trinajstić information content (AvgIpc) is 2.80. The molecule has 11 nitrogen and oxygen atoms in total. The predicted octanol–water partition coefficient (Wildman–Crippen LogP) is 0.762. The molecule has 0 unspecified atom stereocenters. The Kier molecular flexibility index (Phi) is 10.4. The molecule has 12 heteroatoms. The number of hydrogen-bond acceptors (Lipinski definition) is 6. The van der Waals surface area contributed by atoms with Crippen LogP contribution in [0.25, 0.3) is 0 Å². The van der Waals surface area contributed by atoms with Crippen LogP contribution in [0, 0.1) is 18.8 Å². The number of carbonyl (C=O) groups is 4. The van der Waals surface area contributed by atoms with Gasteiger partial charge >= 0.3 is 5.97 Å². The molecule has 36 heavy (non-hydrogen) atoms. The quantitative estimate of drug-likeness (QED) is 0.312. The second-order valence-electron chi connectivity index (χ2n) is 9.62. The zero-order valence-corrected chi connectivity index (χ0v) is 21.7. The summed E-state index contributed by atoms with van der Waals surface area (Å²) in [5.74, 6) is -3.18. The summed E-state index contributed by atoms with van der Waals surface area (Å²) in [5.41, 5.74) is 5.98. The van der Waals surface area contributed by atoms with Crippen LogP contribution in [0.1, 0.15) is 51.5 Å². The van der Waals surface area contributed by atoms with Crippen molar-refractivity contribution < 1.29 is 32.7 Å². The van der Waals surface area contributed by atoms with E-state index in [2.05, 4.69) is 10.0 Å².